The number of imide groups is 1. The topological polar surface area (TPSA) is 37.4 Å². The molecule has 0 saturated heterocycles. The molecule has 216 valence electrons. The molecule has 2 aromatic rings. The molecule has 2 aromatic carbocycles. The molecule has 1 heterocycles. The minimum Gasteiger partial charge on any atom is -0.276 e. The summed E-state index contributed by atoms with van der Waals surface area (Å²) in [6.45, 7) is 21.0. The molecule has 39 heavy (non-hydrogen) atoms. The zero-order chi connectivity index (χ0) is 30.1. The molecule has 0 unspecified atom stereocenters. The van der Waals surface area contributed by atoms with Crippen LogP contribution in [0.5, 0.6) is 0 Å². The standard InChI is InChI=1S/C22H26S.C6H7NO2.C3H8.2C2H6/c1-4-7-14-19(5-2)22(23-6-3,20-15-10-8-11-16-20)21-17-12-9-13-18-21;1-2-7-5(8)3-4-6(7)9;1-3-2;2*1-2/h5,7-18H,4,6H2,1-3H3;3-4H,2H2,1H3;3H2,1-2H3;2*1-2H3/b14-7-,19-5+;;;;. The minimum absolute atomic E-state index is 0.155. The van der Waals surface area contributed by atoms with Crippen LogP contribution >= 0.6 is 11.8 Å². The van der Waals surface area contributed by atoms with Crippen LogP contribution in [0.4, 0.5) is 0 Å². The van der Waals surface area contributed by atoms with Gasteiger partial charge in [0.1, 0.15) is 0 Å². The van der Waals surface area contributed by atoms with Crippen LogP contribution in [0.2, 0.25) is 0 Å². The van der Waals surface area contributed by atoms with Crippen molar-refractivity contribution in [3.63, 3.8) is 0 Å². The van der Waals surface area contributed by atoms with E-state index in [1.54, 1.807) is 6.92 Å². The highest BCUT2D eigenvalue weighted by atomic mass is 32.2. The Morgan fingerprint density at radius 3 is 1.46 bits per heavy atom. The lowest BCUT2D eigenvalue weighted by Crippen LogP contribution is -2.29. The number of allylic oxidation sites excluding steroid dienone is 3. The third kappa shape index (κ3) is 12.3. The normalized spacial score (nSPS) is 12.4. The smallest absolute Gasteiger partial charge is 0.253 e. The van der Waals surface area contributed by atoms with Crippen molar-refractivity contribution in [3.05, 3.63) is 108 Å². The third-order valence-corrected chi connectivity index (χ3v) is 6.62. The third-order valence-electron chi connectivity index (χ3n) is 5.19. The molecule has 3 nitrogen and oxygen atoms in total. The molecule has 0 aromatic heterocycles. The van der Waals surface area contributed by atoms with Crippen molar-refractivity contribution in [2.45, 2.75) is 86.8 Å². The second-order valence-corrected chi connectivity index (χ2v) is 9.34. The van der Waals surface area contributed by atoms with Crippen LogP contribution in [0.3, 0.4) is 0 Å². The number of carbonyl (C=O) groups excluding carboxylic acids is 2. The van der Waals surface area contributed by atoms with Gasteiger partial charge in [0.05, 0.1) is 4.75 Å². The van der Waals surface area contributed by atoms with Crippen LogP contribution in [-0.4, -0.2) is 29.0 Å². The van der Waals surface area contributed by atoms with Gasteiger partial charge in [-0.2, -0.15) is 0 Å². The lowest BCUT2D eigenvalue weighted by molar-refractivity contribution is -0.136. The van der Waals surface area contributed by atoms with Gasteiger partial charge in [-0.1, -0.05) is 141 Å². The Morgan fingerprint density at radius 2 is 1.18 bits per heavy atom. The molecule has 1 aliphatic heterocycles. The van der Waals surface area contributed by atoms with E-state index in [9.17, 15) is 9.59 Å². The first-order chi connectivity index (χ1) is 19.0. The zero-order valence-corrected chi connectivity index (χ0v) is 27.0. The molecular formula is C35H53NO2S. The molecule has 0 spiro atoms. The number of carbonyl (C=O) groups is 2. The van der Waals surface area contributed by atoms with Gasteiger partial charge < -0.3 is 0 Å². The van der Waals surface area contributed by atoms with Crippen molar-refractivity contribution >= 4 is 23.6 Å². The Bertz CT molecular complexity index is 921. The van der Waals surface area contributed by atoms with E-state index < -0.39 is 0 Å². The van der Waals surface area contributed by atoms with Gasteiger partial charge in [0.15, 0.2) is 0 Å². The second-order valence-electron chi connectivity index (χ2n) is 7.86. The van der Waals surface area contributed by atoms with Gasteiger partial charge >= 0.3 is 0 Å². The highest BCUT2D eigenvalue weighted by Crippen LogP contribution is 2.49. The van der Waals surface area contributed by atoms with Crippen LogP contribution in [0.1, 0.15) is 93.2 Å². The molecule has 0 N–H and O–H groups in total. The number of hydrogen-bond donors (Lipinski definition) is 0. The van der Waals surface area contributed by atoms with E-state index in [4.69, 9.17) is 0 Å². The predicted molar refractivity (Wildman–Crippen MR) is 175 cm³/mol. The van der Waals surface area contributed by atoms with Crippen molar-refractivity contribution in [3.8, 4) is 0 Å². The largest absolute Gasteiger partial charge is 0.276 e. The molecule has 3 rings (SSSR count). The first-order valence-electron chi connectivity index (χ1n) is 14.6. The van der Waals surface area contributed by atoms with E-state index in [1.807, 2.05) is 39.5 Å². The van der Waals surface area contributed by atoms with Gasteiger partial charge in [-0.15, -0.1) is 11.8 Å². The molecule has 0 bridgehead atoms. The number of benzene rings is 2. The lowest BCUT2D eigenvalue weighted by atomic mass is 9.83. The Hall–Kier alpha value is -2.85. The summed E-state index contributed by atoms with van der Waals surface area (Å²) >= 11 is 1.99. The molecule has 0 radical (unpaired) electrons. The summed E-state index contributed by atoms with van der Waals surface area (Å²) in [5.41, 5.74) is 4.03. The highest BCUT2D eigenvalue weighted by Gasteiger charge is 2.36. The summed E-state index contributed by atoms with van der Waals surface area (Å²) in [5.74, 6) is 0.645. The van der Waals surface area contributed by atoms with Crippen LogP contribution in [-0.2, 0) is 14.3 Å². The van der Waals surface area contributed by atoms with Gasteiger partial charge in [0.2, 0.25) is 0 Å². The van der Waals surface area contributed by atoms with Gasteiger partial charge in [0, 0.05) is 18.7 Å². The minimum atomic E-state index is -0.206. The molecule has 4 heteroatoms. The quantitative estimate of drug-likeness (QED) is 0.242. The highest BCUT2D eigenvalue weighted by molar-refractivity contribution is 8.00. The van der Waals surface area contributed by atoms with Crippen LogP contribution in [0, 0.1) is 0 Å². The summed E-state index contributed by atoms with van der Waals surface area (Å²) in [6.07, 6.45) is 11.7. The van der Waals surface area contributed by atoms with E-state index in [2.05, 4.69) is 114 Å². The lowest BCUT2D eigenvalue weighted by Gasteiger charge is -2.36. The summed E-state index contributed by atoms with van der Waals surface area (Å²) in [4.78, 5) is 22.4. The van der Waals surface area contributed by atoms with Gasteiger partial charge in [-0.3, -0.25) is 14.5 Å². The van der Waals surface area contributed by atoms with Gasteiger partial charge in [-0.05, 0) is 42.7 Å². The zero-order valence-electron chi connectivity index (χ0n) is 26.2. The van der Waals surface area contributed by atoms with Crippen LogP contribution in [0.15, 0.2) is 96.6 Å². The SMILES string of the molecule is C/C=C(\C=C/CC)C(SCC)(c1ccccc1)c1ccccc1.CC.CC.CCC.CCN1C(=O)C=CC1=O. The van der Waals surface area contributed by atoms with Crippen LogP contribution in [0.25, 0.3) is 0 Å². The van der Waals surface area contributed by atoms with E-state index in [-0.39, 0.29) is 16.6 Å². The molecular weight excluding hydrogens is 498 g/mol. The van der Waals surface area contributed by atoms with E-state index in [1.165, 1.54) is 40.2 Å². The summed E-state index contributed by atoms with van der Waals surface area (Å²) < 4.78 is -0.155. The predicted octanol–water partition coefficient (Wildman–Crippen LogP) is 10.00. The maximum absolute atomic E-state index is 10.6. The summed E-state index contributed by atoms with van der Waals surface area (Å²) in [6, 6.07) is 21.7. The second kappa shape index (κ2) is 24.2. The molecule has 1 aliphatic rings. The Labute approximate surface area is 244 Å². The molecule has 0 saturated carbocycles. The van der Waals surface area contributed by atoms with Crippen molar-refractivity contribution in [2.75, 3.05) is 12.3 Å². The molecule has 0 fully saturated rings. The van der Waals surface area contributed by atoms with Crippen molar-refractivity contribution in [1.82, 2.24) is 4.90 Å². The average molecular weight is 552 g/mol. The number of rotatable bonds is 8. The van der Waals surface area contributed by atoms with Crippen molar-refractivity contribution in [2.24, 2.45) is 0 Å². The maximum atomic E-state index is 10.6. The Balaban J connectivity index is 0. The van der Waals surface area contributed by atoms with Crippen LogP contribution < -0.4 is 0 Å². The number of likely N-dealkylation sites (N-methyl/N-ethyl adjacent to an activating group) is 1. The fraction of sp³-hybridized carbons (Fsp3) is 0.429. The van der Waals surface area contributed by atoms with Gasteiger partial charge in [-0.25, -0.2) is 0 Å². The van der Waals surface area contributed by atoms with Crippen molar-refractivity contribution in [1.29, 1.82) is 0 Å². The number of thioether (sulfide) groups is 1. The summed E-state index contributed by atoms with van der Waals surface area (Å²) in [5, 5.41) is 0. The maximum Gasteiger partial charge on any atom is 0.253 e. The number of nitrogens with zero attached hydrogens (tertiary/aromatic N) is 1. The van der Waals surface area contributed by atoms with E-state index in [0.717, 1.165) is 12.2 Å². The Kier molecular flexibility index (Phi) is 23.8. The first-order valence-corrected chi connectivity index (χ1v) is 15.6. The number of hydrogen-bond acceptors (Lipinski definition) is 3. The van der Waals surface area contributed by atoms with Gasteiger partial charge in [0.25, 0.3) is 11.8 Å². The van der Waals surface area contributed by atoms with E-state index in [0.29, 0.717) is 6.54 Å². The summed E-state index contributed by atoms with van der Waals surface area (Å²) in [7, 11) is 0. The average Bonchev–Trinajstić information content (AvgIpc) is 3.33. The van der Waals surface area contributed by atoms with E-state index >= 15 is 0 Å². The number of amides is 2. The Morgan fingerprint density at radius 1 is 0.769 bits per heavy atom. The first kappa shape index (κ1) is 38.3. The molecule has 0 atom stereocenters. The molecule has 2 amide bonds. The molecule has 0 aliphatic carbocycles. The fourth-order valence-electron chi connectivity index (χ4n) is 3.72. The van der Waals surface area contributed by atoms with Crippen molar-refractivity contribution < 1.29 is 9.59 Å². The monoisotopic (exact) mass is 551 g/mol. The fourth-order valence-corrected chi connectivity index (χ4v) is 5.11.